The molecule has 2 heterocycles. The standard InChI is InChI=1S/C16H21N3O2S/c1-21-15-5-3-2-4-12(15)16-18-8-11(22-16)9-19-7-6-13(17)14(20)10-19/h2-5,8,13-14,20H,6-7,9-10,17H2,1H3/t13-,14-/m1/s1. The van der Waals surface area contributed by atoms with Crippen LogP contribution in [0.3, 0.4) is 0 Å². The third kappa shape index (κ3) is 3.30. The van der Waals surface area contributed by atoms with Crippen LogP contribution in [-0.2, 0) is 6.54 Å². The van der Waals surface area contributed by atoms with Gasteiger partial charge in [0.1, 0.15) is 10.8 Å². The van der Waals surface area contributed by atoms with Gasteiger partial charge in [0, 0.05) is 36.8 Å². The Labute approximate surface area is 134 Å². The number of aliphatic hydroxyl groups excluding tert-OH is 1. The highest BCUT2D eigenvalue weighted by atomic mass is 32.1. The predicted molar refractivity (Wildman–Crippen MR) is 88.0 cm³/mol. The Morgan fingerprint density at radius 1 is 1.45 bits per heavy atom. The molecule has 118 valence electrons. The van der Waals surface area contributed by atoms with Crippen molar-refractivity contribution in [3.05, 3.63) is 35.3 Å². The first-order chi connectivity index (χ1) is 10.7. The summed E-state index contributed by atoms with van der Waals surface area (Å²) in [6.45, 7) is 2.35. The van der Waals surface area contributed by atoms with Crippen LogP contribution in [0.2, 0.25) is 0 Å². The van der Waals surface area contributed by atoms with Gasteiger partial charge in [-0.3, -0.25) is 4.90 Å². The molecule has 1 aliphatic heterocycles. The summed E-state index contributed by atoms with van der Waals surface area (Å²) in [6, 6.07) is 7.81. The molecule has 2 atom stereocenters. The molecule has 0 aliphatic carbocycles. The topological polar surface area (TPSA) is 71.6 Å². The predicted octanol–water partition coefficient (Wildman–Crippen LogP) is 1.71. The molecule has 0 amide bonds. The molecular formula is C16H21N3O2S. The first kappa shape index (κ1) is 15.4. The van der Waals surface area contributed by atoms with E-state index in [-0.39, 0.29) is 6.04 Å². The smallest absolute Gasteiger partial charge is 0.129 e. The number of hydrogen-bond donors (Lipinski definition) is 2. The van der Waals surface area contributed by atoms with E-state index in [1.165, 1.54) is 4.88 Å². The maximum atomic E-state index is 9.88. The molecule has 6 heteroatoms. The van der Waals surface area contributed by atoms with Crippen molar-refractivity contribution in [1.29, 1.82) is 0 Å². The highest BCUT2D eigenvalue weighted by molar-refractivity contribution is 7.15. The minimum atomic E-state index is -0.435. The summed E-state index contributed by atoms with van der Waals surface area (Å²) >= 11 is 1.67. The molecule has 1 fully saturated rings. The number of likely N-dealkylation sites (tertiary alicyclic amines) is 1. The molecule has 0 bridgehead atoms. The van der Waals surface area contributed by atoms with Crippen LogP contribution < -0.4 is 10.5 Å². The van der Waals surface area contributed by atoms with E-state index in [0.29, 0.717) is 6.54 Å². The Bertz CT molecular complexity index is 631. The number of aliphatic hydroxyl groups is 1. The molecule has 3 N–H and O–H groups in total. The molecule has 2 aromatic rings. The van der Waals surface area contributed by atoms with Gasteiger partial charge in [0.2, 0.25) is 0 Å². The first-order valence-electron chi connectivity index (χ1n) is 7.41. The highest BCUT2D eigenvalue weighted by Gasteiger charge is 2.25. The minimum absolute atomic E-state index is 0.0955. The number of benzene rings is 1. The van der Waals surface area contributed by atoms with E-state index in [1.807, 2.05) is 30.5 Å². The lowest BCUT2D eigenvalue weighted by Gasteiger charge is -2.33. The molecule has 0 unspecified atom stereocenters. The van der Waals surface area contributed by atoms with Crippen molar-refractivity contribution in [2.75, 3.05) is 20.2 Å². The summed E-state index contributed by atoms with van der Waals surface area (Å²) in [6.07, 6.45) is 2.31. The highest BCUT2D eigenvalue weighted by Crippen LogP contribution is 2.33. The minimum Gasteiger partial charge on any atom is -0.496 e. The second-order valence-corrected chi connectivity index (χ2v) is 6.70. The summed E-state index contributed by atoms with van der Waals surface area (Å²) in [4.78, 5) is 7.93. The van der Waals surface area contributed by atoms with Gasteiger partial charge in [-0.05, 0) is 18.6 Å². The molecule has 0 radical (unpaired) electrons. The van der Waals surface area contributed by atoms with Crippen LogP contribution in [0.5, 0.6) is 5.75 Å². The van der Waals surface area contributed by atoms with Gasteiger partial charge < -0.3 is 15.6 Å². The van der Waals surface area contributed by atoms with Crippen LogP contribution in [0.1, 0.15) is 11.3 Å². The number of aromatic nitrogens is 1. The Balaban J connectivity index is 1.71. The van der Waals surface area contributed by atoms with Gasteiger partial charge in [0.25, 0.3) is 0 Å². The number of nitrogens with two attached hydrogens (primary N) is 1. The second kappa shape index (κ2) is 6.75. The molecule has 3 rings (SSSR count). The van der Waals surface area contributed by atoms with Crippen molar-refractivity contribution in [3.8, 4) is 16.3 Å². The molecule has 1 saturated heterocycles. The normalized spacial score (nSPS) is 22.7. The van der Waals surface area contributed by atoms with Crippen molar-refractivity contribution < 1.29 is 9.84 Å². The van der Waals surface area contributed by atoms with Crippen LogP contribution in [0, 0.1) is 0 Å². The van der Waals surface area contributed by atoms with Gasteiger partial charge >= 0.3 is 0 Å². The number of ether oxygens (including phenoxy) is 1. The van der Waals surface area contributed by atoms with Gasteiger partial charge in [-0.1, -0.05) is 12.1 Å². The Kier molecular flexibility index (Phi) is 4.73. The van der Waals surface area contributed by atoms with Gasteiger partial charge in [0.05, 0.1) is 18.8 Å². The van der Waals surface area contributed by atoms with E-state index in [9.17, 15) is 5.11 Å². The summed E-state index contributed by atoms with van der Waals surface area (Å²) < 4.78 is 5.39. The van der Waals surface area contributed by atoms with E-state index in [1.54, 1.807) is 18.4 Å². The van der Waals surface area contributed by atoms with E-state index in [0.717, 1.165) is 35.8 Å². The zero-order valence-electron chi connectivity index (χ0n) is 12.6. The first-order valence-corrected chi connectivity index (χ1v) is 8.23. The van der Waals surface area contributed by atoms with Gasteiger partial charge in [-0.15, -0.1) is 11.3 Å². The van der Waals surface area contributed by atoms with Crippen molar-refractivity contribution in [2.45, 2.75) is 25.1 Å². The third-order valence-electron chi connectivity index (χ3n) is 3.99. The average molecular weight is 319 g/mol. The molecule has 5 nitrogen and oxygen atoms in total. The second-order valence-electron chi connectivity index (χ2n) is 5.59. The third-order valence-corrected chi connectivity index (χ3v) is 5.00. The molecular weight excluding hydrogens is 298 g/mol. The fraction of sp³-hybridized carbons (Fsp3) is 0.438. The molecule has 22 heavy (non-hydrogen) atoms. The SMILES string of the molecule is COc1ccccc1-c1ncc(CN2CC[C@@H](N)[C@H](O)C2)s1. The number of para-hydroxylation sites is 1. The number of thiazole rings is 1. The average Bonchev–Trinajstić information content (AvgIpc) is 2.99. The molecule has 0 saturated carbocycles. The van der Waals surface area contributed by atoms with Crippen LogP contribution >= 0.6 is 11.3 Å². The van der Waals surface area contributed by atoms with Crippen molar-refractivity contribution >= 4 is 11.3 Å². The molecule has 1 aliphatic rings. The van der Waals surface area contributed by atoms with E-state index in [2.05, 4.69) is 9.88 Å². The van der Waals surface area contributed by atoms with Crippen LogP contribution in [0.4, 0.5) is 0 Å². The van der Waals surface area contributed by atoms with E-state index in [4.69, 9.17) is 10.5 Å². The van der Waals surface area contributed by atoms with Gasteiger partial charge in [0.15, 0.2) is 0 Å². The Morgan fingerprint density at radius 2 is 2.27 bits per heavy atom. The van der Waals surface area contributed by atoms with E-state index < -0.39 is 6.10 Å². The van der Waals surface area contributed by atoms with Crippen molar-refractivity contribution in [3.63, 3.8) is 0 Å². The molecule has 1 aromatic heterocycles. The number of methoxy groups -OCH3 is 1. The summed E-state index contributed by atoms with van der Waals surface area (Å²) in [5.74, 6) is 0.836. The lowest BCUT2D eigenvalue weighted by molar-refractivity contribution is 0.0504. The quantitative estimate of drug-likeness (QED) is 0.898. The van der Waals surface area contributed by atoms with Gasteiger partial charge in [-0.2, -0.15) is 0 Å². The van der Waals surface area contributed by atoms with E-state index >= 15 is 0 Å². The summed E-state index contributed by atoms with van der Waals surface area (Å²) in [5.41, 5.74) is 6.86. The summed E-state index contributed by atoms with van der Waals surface area (Å²) in [5, 5.41) is 10.8. The van der Waals surface area contributed by atoms with Crippen LogP contribution in [-0.4, -0.2) is 47.3 Å². The largest absolute Gasteiger partial charge is 0.496 e. The van der Waals surface area contributed by atoms with Crippen molar-refractivity contribution in [2.24, 2.45) is 5.73 Å². The maximum Gasteiger partial charge on any atom is 0.129 e. The fourth-order valence-electron chi connectivity index (χ4n) is 2.71. The zero-order chi connectivity index (χ0) is 15.5. The number of β-amino-alcohol motifs (C(OH)–C–C–N with tert-alkyl or cyclic N) is 1. The maximum absolute atomic E-state index is 9.88. The number of nitrogens with zero attached hydrogens (tertiary/aromatic N) is 2. The molecule has 0 spiro atoms. The zero-order valence-corrected chi connectivity index (χ0v) is 13.4. The van der Waals surface area contributed by atoms with Crippen LogP contribution in [0.25, 0.3) is 10.6 Å². The number of piperidine rings is 1. The van der Waals surface area contributed by atoms with Gasteiger partial charge in [-0.25, -0.2) is 4.98 Å². The monoisotopic (exact) mass is 319 g/mol. The Hall–Kier alpha value is -1.47. The lowest BCUT2D eigenvalue weighted by Crippen LogP contribution is -2.50. The molecule has 1 aromatic carbocycles. The van der Waals surface area contributed by atoms with Crippen molar-refractivity contribution in [1.82, 2.24) is 9.88 Å². The summed E-state index contributed by atoms with van der Waals surface area (Å²) in [7, 11) is 1.67. The van der Waals surface area contributed by atoms with Crippen LogP contribution in [0.15, 0.2) is 30.5 Å². The number of rotatable bonds is 4. The Morgan fingerprint density at radius 3 is 3.05 bits per heavy atom. The fourth-order valence-corrected chi connectivity index (χ4v) is 3.69. The number of hydrogen-bond acceptors (Lipinski definition) is 6. The lowest BCUT2D eigenvalue weighted by atomic mass is 10.0.